The summed E-state index contributed by atoms with van der Waals surface area (Å²) in [7, 11) is 0. The minimum absolute atomic E-state index is 0.471. The maximum absolute atomic E-state index is 8.63. The Morgan fingerprint density at radius 1 is 1.29 bits per heavy atom. The third-order valence-electron chi connectivity index (χ3n) is 2.20. The van der Waals surface area contributed by atoms with Gasteiger partial charge in [0.1, 0.15) is 5.75 Å². The van der Waals surface area contributed by atoms with Crippen LogP contribution in [0.15, 0.2) is 12.1 Å². The summed E-state index contributed by atoms with van der Waals surface area (Å²) in [6, 6.07) is 6.20. The fourth-order valence-corrected chi connectivity index (χ4v) is 1.44. The normalized spacial score (nSPS) is 9.57. The van der Waals surface area contributed by atoms with Crippen molar-refractivity contribution in [2.45, 2.75) is 27.2 Å². The lowest BCUT2D eigenvalue weighted by atomic mass is 10.0. The van der Waals surface area contributed by atoms with E-state index in [2.05, 4.69) is 6.07 Å². The Bertz CT molecular complexity index is 363. The first kappa shape index (κ1) is 10.6. The molecule has 0 spiro atoms. The van der Waals surface area contributed by atoms with Crippen molar-refractivity contribution in [1.82, 2.24) is 0 Å². The minimum Gasteiger partial charge on any atom is -0.494 e. The van der Waals surface area contributed by atoms with Crippen molar-refractivity contribution >= 4 is 0 Å². The van der Waals surface area contributed by atoms with Crippen LogP contribution in [0.1, 0.15) is 23.6 Å². The second-order valence-electron chi connectivity index (χ2n) is 3.31. The summed E-state index contributed by atoms with van der Waals surface area (Å²) in [6.45, 7) is 6.66. The van der Waals surface area contributed by atoms with Crippen molar-refractivity contribution in [2.24, 2.45) is 0 Å². The van der Waals surface area contributed by atoms with Crippen LogP contribution in [0.3, 0.4) is 0 Å². The largest absolute Gasteiger partial charge is 0.494 e. The van der Waals surface area contributed by atoms with Crippen molar-refractivity contribution in [3.63, 3.8) is 0 Å². The lowest BCUT2D eigenvalue weighted by Gasteiger charge is -2.10. The third kappa shape index (κ3) is 2.26. The van der Waals surface area contributed by atoms with Crippen molar-refractivity contribution in [3.8, 4) is 11.8 Å². The zero-order valence-electron chi connectivity index (χ0n) is 8.92. The number of benzene rings is 1. The van der Waals surface area contributed by atoms with Gasteiger partial charge in [0.2, 0.25) is 0 Å². The van der Waals surface area contributed by atoms with E-state index in [1.165, 1.54) is 0 Å². The number of nitriles is 1. The second-order valence-corrected chi connectivity index (χ2v) is 3.31. The highest BCUT2D eigenvalue weighted by Crippen LogP contribution is 2.22. The highest BCUT2D eigenvalue weighted by molar-refractivity contribution is 5.42. The fraction of sp³-hybridized carbons (Fsp3) is 0.417. The molecule has 0 radical (unpaired) electrons. The van der Waals surface area contributed by atoms with E-state index in [9.17, 15) is 0 Å². The van der Waals surface area contributed by atoms with Gasteiger partial charge in [0.05, 0.1) is 19.1 Å². The highest BCUT2D eigenvalue weighted by Gasteiger charge is 2.04. The standard InChI is InChI=1S/C12H15NO/c1-4-14-12-8-9(2)11(5-6-13)7-10(12)3/h7-8H,4-5H2,1-3H3. The van der Waals surface area contributed by atoms with Crippen LogP contribution in [0.4, 0.5) is 0 Å². The molecule has 0 aliphatic carbocycles. The Labute approximate surface area is 85.1 Å². The lowest BCUT2D eigenvalue weighted by molar-refractivity contribution is 0.337. The molecule has 2 nitrogen and oxygen atoms in total. The first-order valence-electron chi connectivity index (χ1n) is 4.79. The van der Waals surface area contributed by atoms with Crippen LogP contribution in [0.2, 0.25) is 0 Å². The van der Waals surface area contributed by atoms with Gasteiger partial charge in [-0.05, 0) is 43.5 Å². The first-order valence-corrected chi connectivity index (χ1v) is 4.79. The van der Waals surface area contributed by atoms with Crippen LogP contribution in [0, 0.1) is 25.2 Å². The van der Waals surface area contributed by atoms with Gasteiger partial charge in [-0.25, -0.2) is 0 Å². The molecule has 0 saturated heterocycles. The topological polar surface area (TPSA) is 33.0 Å². The average Bonchev–Trinajstić information content (AvgIpc) is 2.14. The van der Waals surface area contributed by atoms with Crippen molar-refractivity contribution in [3.05, 3.63) is 28.8 Å². The molecule has 0 aliphatic rings. The third-order valence-corrected chi connectivity index (χ3v) is 2.20. The van der Waals surface area contributed by atoms with Gasteiger partial charge in [0.25, 0.3) is 0 Å². The van der Waals surface area contributed by atoms with Crippen molar-refractivity contribution in [2.75, 3.05) is 6.61 Å². The molecule has 14 heavy (non-hydrogen) atoms. The molecule has 0 amide bonds. The summed E-state index contributed by atoms with van der Waals surface area (Å²) in [5.41, 5.74) is 3.32. The van der Waals surface area contributed by atoms with Gasteiger partial charge in [0.15, 0.2) is 0 Å². The minimum atomic E-state index is 0.471. The second kappa shape index (κ2) is 4.66. The van der Waals surface area contributed by atoms with E-state index in [1.54, 1.807) is 0 Å². The molecule has 0 atom stereocenters. The van der Waals surface area contributed by atoms with E-state index in [-0.39, 0.29) is 0 Å². The molecular weight excluding hydrogens is 174 g/mol. The first-order chi connectivity index (χ1) is 6.69. The van der Waals surface area contributed by atoms with Crippen LogP contribution in [-0.4, -0.2) is 6.61 Å². The Balaban J connectivity index is 3.05. The van der Waals surface area contributed by atoms with E-state index in [1.807, 2.05) is 32.9 Å². The smallest absolute Gasteiger partial charge is 0.122 e. The molecule has 0 bridgehead atoms. The van der Waals surface area contributed by atoms with Gasteiger partial charge in [0, 0.05) is 0 Å². The number of nitrogens with zero attached hydrogens (tertiary/aromatic N) is 1. The monoisotopic (exact) mass is 189 g/mol. The maximum Gasteiger partial charge on any atom is 0.122 e. The molecule has 0 N–H and O–H groups in total. The van der Waals surface area contributed by atoms with Crippen LogP contribution in [-0.2, 0) is 6.42 Å². The molecule has 74 valence electrons. The molecule has 0 aliphatic heterocycles. The van der Waals surface area contributed by atoms with Gasteiger partial charge in [-0.1, -0.05) is 6.07 Å². The summed E-state index contributed by atoms with van der Waals surface area (Å²) < 4.78 is 5.47. The summed E-state index contributed by atoms with van der Waals surface area (Å²) in [6.07, 6.45) is 0.471. The zero-order valence-corrected chi connectivity index (χ0v) is 8.92. The summed E-state index contributed by atoms with van der Waals surface area (Å²) >= 11 is 0. The predicted molar refractivity (Wildman–Crippen MR) is 56.4 cm³/mol. The summed E-state index contributed by atoms with van der Waals surface area (Å²) in [5.74, 6) is 0.923. The Hall–Kier alpha value is -1.49. The van der Waals surface area contributed by atoms with Crippen LogP contribution in [0.25, 0.3) is 0 Å². The molecule has 1 aromatic carbocycles. The summed E-state index contributed by atoms with van der Waals surface area (Å²) in [5, 5.41) is 8.63. The zero-order chi connectivity index (χ0) is 10.6. The van der Waals surface area contributed by atoms with Gasteiger partial charge in [-0.15, -0.1) is 0 Å². The van der Waals surface area contributed by atoms with Crippen molar-refractivity contribution < 1.29 is 4.74 Å². The van der Waals surface area contributed by atoms with E-state index in [0.29, 0.717) is 13.0 Å². The molecule has 0 unspecified atom stereocenters. The van der Waals surface area contributed by atoms with Crippen LogP contribution in [0.5, 0.6) is 5.75 Å². The molecule has 0 fully saturated rings. The number of hydrogen-bond acceptors (Lipinski definition) is 2. The Kier molecular flexibility index (Phi) is 3.53. The predicted octanol–water partition coefficient (Wildman–Crippen LogP) is 2.77. The Morgan fingerprint density at radius 3 is 2.57 bits per heavy atom. The number of ether oxygens (including phenoxy) is 1. The van der Waals surface area contributed by atoms with E-state index in [0.717, 1.165) is 22.4 Å². The van der Waals surface area contributed by atoms with Crippen molar-refractivity contribution in [1.29, 1.82) is 5.26 Å². The van der Waals surface area contributed by atoms with Crippen LogP contribution < -0.4 is 4.74 Å². The van der Waals surface area contributed by atoms with E-state index in [4.69, 9.17) is 10.00 Å². The van der Waals surface area contributed by atoms with E-state index < -0.39 is 0 Å². The fourth-order valence-electron chi connectivity index (χ4n) is 1.44. The maximum atomic E-state index is 8.63. The van der Waals surface area contributed by atoms with Gasteiger partial charge < -0.3 is 4.74 Å². The quantitative estimate of drug-likeness (QED) is 0.732. The molecule has 0 heterocycles. The van der Waals surface area contributed by atoms with Gasteiger partial charge in [-0.3, -0.25) is 0 Å². The summed E-state index contributed by atoms with van der Waals surface area (Å²) in [4.78, 5) is 0. The van der Waals surface area contributed by atoms with Gasteiger partial charge in [-0.2, -0.15) is 5.26 Å². The highest BCUT2D eigenvalue weighted by atomic mass is 16.5. The van der Waals surface area contributed by atoms with Crippen LogP contribution >= 0.6 is 0 Å². The lowest BCUT2D eigenvalue weighted by Crippen LogP contribution is -1.97. The molecule has 2 heteroatoms. The molecule has 1 aromatic rings. The molecule has 0 aromatic heterocycles. The van der Waals surface area contributed by atoms with Gasteiger partial charge >= 0.3 is 0 Å². The molecule has 1 rings (SSSR count). The number of aryl methyl sites for hydroxylation is 2. The number of rotatable bonds is 3. The average molecular weight is 189 g/mol. The number of hydrogen-bond donors (Lipinski definition) is 0. The van der Waals surface area contributed by atoms with E-state index >= 15 is 0 Å². The Morgan fingerprint density at radius 2 is 2.00 bits per heavy atom. The molecular formula is C12H15NO. The SMILES string of the molecule is CCOc1cc(C)c(CC#N)cc1C. The molecule has 0 saturated carbocycles.